The fraction of sp³-hybridized carbons (Fsp3) is 0.375. The van der Waals surface area contributed by atoms with Crippen LogP contribution in [0.1, 0.15) is 22.6 Å². The number of aliphatic imine (C=N–C) groups is 1. The molecule has 0 saturated heterocycles. The van der Waals surface area contributed by atoms with Gasteiger partial charge in [-0.1, -0.05) is 17.3 Å². The second-order valence-corrected chi connectivity index (χ2v) is 5.19. The van der Waals surface area contributed by atoms with Gasteiger partial charge in [0.2, 0.25) is 0 Å². The Labute approximate surface area is 129 Å². The highest BCUT2D eigenvalue weighted by molar-refractivity contribution is 5.79. The summed E-state index contributed by atoms with van der Waals surface area (Å²) in [5.74, 6) is 1.29. The van der Waals surface area contributed by atoms with E-state index in [4.69, 9.17) is 4.52 Å². The largest absolute Gasteiger partial charge is 0.361 e. The molecular formula is C16H21FN4O. The van der Waals surface area contributed by atoms with Crippen molar-refractivity contribution in [3.8, 4) is 0 Å². The number of nitrogens with one attached hydrogen (secondary N) is 1. The second kappa shape index (κ2) is 7.06. The summed E-state index contributed by atoms with van der Waals surface area (Å²) < 4.78 is 18.4. The lowest BCUT2D eigenvalue weighted by Gasteiger charge is -2.22. The number of rotatable bonds is 4. The Morgan fingerprint density at radius 3 is 2.77 bits per heavy atom. The summed E-state index contributed by atoms with van der Waals surface area (Å²) >= 11 is 0. The minimum atomic E-state index is -0.232. The van der Waals surface area contributed by atoms with Crippen LogP contribution in [0.15, 0.2) is 33.8 Å². The van der Waals surface area contributed by atoms with Gasteiger partial charge >= 0.3 is 0 Å². The number of hydrogen-bond donors (Lipinski definition) is 1. The van der Waals surface area contributed by atoms with Crippen LogP contribution in [0.5, 0.6) is 0 Å². The molecule has 0 spiro atoms. The molecule has 0 amide bonds. The van der Waals surface area contributed by atoms with Crippen molar-refractivity contribution in [1.29, 1.82) is 0 Å². The normalized spacial score (nSPS) is 11.6. The van der Waals surface area contributed by atoms with E-state index in [9.17, 15) is 4.39 Å². The van der Waals surface area contributed by atoms with Crippen LogP contribution in [0.2, 0.25) is 0 Å². The van der Waals surface area contributed by atoms with Gasteiger partial charge in [-0.3, -0.25) is 4.99 Å². The van der Waals surface area contributed by atoms with Crippen LogP contribution < -0.4 is 5.32 Å². The molecule has 0 radical (unpaired) electrons. The molecule has 2 aromatic rings. The third-order valence-corrected chi connectivity index (χ3v) is 3.49. The van der Waals surface area contributed by atoms with Crippen LogP contribution in [-0.2, 0) is 13.1 Å². The van der Waals surface area contributed by atoms with Crippen LogP contribution in [0.4, 0.5) is 4.39 Å². The molecule has 0 aliphatic heterocycles. The van der Waals surface area contributed by atoms with E-state index in [0.29, 0.717) is 13.1 Å². The lowest BCUT2D eigenvalue weighted by Crippen LogP contribution is -2.38. The fourth-order valence-electron chi connectivity index (χ4n) is 2.29. The third kappa shape index (κ3) is 3.84. The molecule has 5 nitrogen and oxygen atoms in total. The van der Waals surface area contributed by atoms with Gasteiger partial charge in [0, 0.05) is 32.7 Å². The summed E-state index contributed by atoms with van der Waals surface area (Å²) in [5.41, 5.74) is 2.79. The highest BCUT2D eigenvalue weighted by atomic mass is 19.1. The monoisotopic (exact) mass is 304 g/mol. The lowest BCUT2D eigenvalue weighted by atomic mass is 10.2. The predicted molar refractivity (Wildman–Crippen MR) is 84.0 cm³/mol. The van der Waals surface area contributed by atoms with Crippen molar-refractivity contribution in [3.63, 3.8) is 0 Å². The zero-order valence-electron chi connectivity index (χ0n) is 13.4. The molecule has 0 aliphatic rings. The molecule has 0 atom stereocenters. The quantitative estimate of drug-likeness (QED) is 0.697. The van der Waals surface area contributed by atoms with Gasteiger partial charge in [-0.25, -0.2) is 4.39 Å². The molecule has 0 bridgehead atoms. The van der Waals surface area contributed by atoms with E-state index in [0.717, 1.165) is 28.5 Å². The second-order valence-electron chi connectivity index (χ2n) is 5.19. The van der Waals surface area contributed by atoms with Crippen LogP contribution in [-0.4, -0.2) is 30.1 Å². The first-order valence-electron chi connectivity index (χ1n) is 7.09. The van der Waals surface area contributed by atoms with Gasteiger partial charge < -0.3 is 14.7 Å². The molecule has 2 rings (SSSR count). The Morgan fingerprint density at radius 2 is 2.18 bits per heavy atom. The maximum atomic E-state index is 13.2. The van der Waals surface area contributed by atoms with Crippen molar-refractivity contribution >= 4 is 5.96 Å². The fourth-order valence-corrected chi connectivity index (χ4v) is 2.29. The van der Waals surface area contributed by atoms with Crippen LogP contribution in [0.25, 0.3) is 0 Å². The van der Waals surface area contributed by atoms with Crippen molar-refractivity contribution in [2.75, 3.05) is 14.1 Å². The summed E-state index contributed by atoms with van der Waals surface area (Å²) in [6.07, 6.45) is 0. The molecule has 1 aromatic heterocycles. The molecule has 0 unspecified atom stereocenters. The zero-order valence-corrected chi connectivity index (χ0v) is 13.4. The first kappa shape index (κ1) is 16.0. The maximum absolute atomic E-state index is 13.2. The van der Waals surface area contributed by atoms with Crippen LogP contribution >= 0.6 is 0 Å². The topological polar surface area (TPSA) is 53.7 Å². The van der Waals surface area contributed by atoms with Crippen LogP contribution in [0.3, 0.4) is 0 Å². The SMILES string of the molecule is CN=C(NCc1c(C)noc1C)N(C)Cc1cccc(F)c1. The van der Waals surface area contributed by atoms with Crippen molar-refractivity contribution in [2.24, 2.45) is 4.99 Å². The Balaban J connectivity index is 1.99. The van der Waals surface area contributed by atoms with Crippen molar-refractivity contribution in [2.45, 2.75) is 26.9 Å². The Hall–Kier alpha value is -2.37. The summed E-state index contributed by atoms with van der Waals surface area (Å²) in [6.45, 7) is 4.95. The van der Waals surface area contributed by atoms with E-state index >= 15 is 0 Å². The number of aromatic nitrogens is 1. The van der Waals surface area contributed by atoms with E-state index in [1.165, 1.54) is 12.1 Å². The van der Waals surface area contributed by atoms with Gasteiger partial charge in [-0.2, -0.15) is 0 Å². The molecule has 1 N–H and O–H groups in total. The smallest absolute Gasteiger partial charge is 0.193 e. The van der Waals surface area contributed by atoms with Gasteiger partial charge in [0.15, 0.2) is 5.96 Å². The van der Waals surface area contributed by atoms with Crippen LogP contribution in [0, 0.1) is 19.7 Å². The minimum Gasteiger partial charge on any atom is -0.361 e. The molecule has 0 fully saturated rings. The van der Waals surface area contributed by atoms with Gasteiger partial charge in [-0.05, 0) is 31.5 Å². The molecule has 1 heterocycles. The number of guanidine groups is 1. The first-order chi connectivity index (χ1) is 10.5. The summed E-state index contributed by atoms with van der Waals surface area (Å²) in [4.78, 5) is 6.19. The highest BCUT2D eigenvalue weighted by Gasteiger charge is 2.12. The first-order valence-corrected chi connectivity index (χ1v) is 7.09. The number of hydrogen-bond acceptors (Lipinski definition) is 3. The minimum absolute atomic E-state index is 0.232. The number of nitrogens with zero attached hydrogens (tertiary/aromatic N) is 3. The van der Waals surface area contributed by atoms with Gasteiger partial charge in [0.05, 0.1) is 5.69 Å². The molecule has 1 aromatic carbocycles. The van der Waals surface area contributed by atoms with Gasteiger partial charge in [0.25, 0.3) is 0 Å². The average molecular weight is 304 g/mol. The average Bonchev–Trinajstić information content (AvgIpc) is 2.79. The standard InChI is InChI=1S/C16H21FN4O/c1-11-15(12(2)22-20-11)9-19-16(18-3)21(4)10-13-6-5-7-14(17)8-13/h5-8H,9-10H2,1-4H3,(H,18,19). The van der Waals surface area contributed by atoms with E-state index in [2.05, 4.69) is 15.5 Å². The molecule has 0 aliphatic carbocycles. The predicted octanol–water partition coefficient (Wildman–Crippen LogP) is 2.64. The van der Waals surface area contributed by atoms with E-state index in [-0.39, 0.29) is 5.82 Å². The number of halogens is 1. The van der Waals surface area contributed by atoms with Crippen molar-refractivity contribution in [3.05, 3.63) is 52.7 Å². The molecule has 22 heavy (non-hydrogen) atoms. The highest BCUT2D eigenvalue weighted by Crippen LogP contribution is 2.12. The molecular weight excluding hydrogens is 283 g/mol. The molecule has 6 heteroatoms. The van der Waals surface area contributed by atoms with E-state index in [1.54, 1.807) is 13.1 Å². The van der Waals surface area contributed by atoms with Crippen molar-refractivity contribution in [1.82, 2.24) is 15.4 Å². The van der Waals surface area contributed by atoms with Gasteiger partial charge in [-0.15, -0.1) is 0 Å². The van der Waals surface area contributed by atoms with Gasteiger partial charge in [0.1, 0.15) is 11.6 Å². The summed E-state index contributed by atoms with van der Waals surface area (Å²) in [5, 5.41) is 7.20. The maximum Gasteiger partial charge on any atom is 0.193 e. The zero-order chi connectivity index (χ0) is 16.1. The Morgan fingerprint density at radius 1 is 1.41 bits per heavy atom. The number of benzene rings is 1. The summed E-state index contributed by atoms with van der Waals surface area (Å²) in [6, 6.07) is 6.56. The van der Waals surface area contributed by atoms with E-state index < -0.39 is 0 Å². The third-order valence-electron chi connectivity index (χ3n) is 3.49. The molecule has 0 saturated carbocycles. The lowest BCUT2D eigenvalue weighted by molar-refractivity contribution is 0.392. The Bertz CT molecular complexity index is 646. The van der Waals surface area contributed by atoms with Crippen molar-refractivity contribution < 1.29 is 8.91 Å². The number of aryl methyl sites for hydroxylation is 2. The van der Waals surface area contributed by atoms with E-state index in [1.807, 2.05) is 31.9 Å². The molecule has 118 valence electrons. The summed E-state index contributed by atoms with van der Waals surface area (Å²) in [7, 11) is 3.63. The Kier molecular flexibility index (Phi) is 5.14.